The third-order valence-electron chi connectivity index (χ3n) is 3.64. The highest BCUT2D eigenvalue weighted by molar-refractivity contribution is 5.93. The molecule has 5 heteroatoms. The number of aliphatic hydroxyl groups is 1. The van der Waals surface area contributed by atoms with Gasteiger partial charge in [0.25, 0.3) is 0 Å². The average molecular weight is 277 g/mol. The number of nitrogen functional groups attached to an aromatic ring is 1. The Morgan fingerprint density at radius 1 is 1.50 bits per heavy atom. The molecule has 1 aliphatic heterocycles. The second-order valence-corrected chi connectivity index (χ2v) is 5.76. The van der Waals surface area contributed by atoms with Gasteiger partial charge in [-0.15, -0.1) is 0 Å². The summed E-state index contributed by atoms with van der Waals surface area (Å²) >= 11 is 0. The van der Waals surface area contributed by atoms with Crippen LogP contribution in [0.2, 0.25) is 0 Å². The lowest BCUT2D eigenvalue weighted by atomic mass is 9.95. The first-order valence-corrected chi connectivity index (χ1v) is 7.05. The zero-order chi connectivity index (χ0) is 14.6. The first-order chi connectivity index (χ1) is 9.46. The molecule has 1 amide bonds. The number of nitrogens with two attached hydrogens (primary N) is 1. The largest absolute Gasteiger partial charge is 0.397 e. The third kappa shape index (κ3) is 4.21. The number of rotatable bonds is 4. The molecule has 1 aromatic rings. The van der Waals surface area contributed by atoms with Crippen molar-refractivity contribution in [3.8, 4) is 0 Å². The molecule has 20 heavy (non-hydrogen) atoms. The number of carbonyl (C=O) groups excluding carboxylic acids is 1. The van der Waals surface area contributed by atoms with Gasteiger partial charge in [0.2, 0.25) is 5.91 Å². The van der Waals surface area contributed by atoms with Crippen LogP contribution in [-0.2, 0) is 4.79 Å². The van der Waals surface area contributed by atoms with E-state index >= 15 is 0 Å². The van der Waals surface area contributed by atoms with Gasteiger partial charge < -0.3 is 16.2 Å². The minimum absolute atomic E-state index is 0.0480. The summed E-state index contributed by atoms with van der Waals surface area (Å²) in [6.45, 7) is 4.09. The Hall–Kier alpha value is -1.59. The maximum Gasteiger partial charge on any atom is 0.225 e. The molecule has 1 atom stereocenters. The number of piperidine rings is 1. The van der Waals surface area contributed by atoms with E-state index in [1.165, 1.54) is 0 Å². The number of nitrogens with zero attached hydrogens (tertiary/aromatic N) is 1. The van der Waals surface area contributed by atoms with Gasteiger partial charge >= 0.3 is 0 Å². The molecule has 0 bridgehead atoms. The Balaban J connectivity index is 1.79. The van der Waals surface area contributed by atoms with Crippen LogP contribution in [0.5, 0.6) is 0 Å². The number of β-amino-alcohol motifs (C(OH)–C–C–N with tert-alkyl or cyclic N) is 1. The molecule has 1 heterocycles. The number of benzene rings is 1. The molecule has 2 rings (SSSR count). The van der Waals surface area contributed by atoms with E-state index in [2.05, 4.69) is 10.2 Å². The third-order valence-corrected chi connectivity index (χ3v) is 3.64. The van der Waals surface area contributed by atoms with Crippen molar-refractivity contribution in [2.75, 3.05) is 30.7 Å². The van der Waals surface area contributed by atoms with E-state index in [0.29, 0.717) is 30.9 Å². The van der Waals surface area contributed by atoms with Gasteiger partial charge in [-0.25, -0.2) is 0 Å². The second-order valence-electron chi connectivity index (χ2n) is 5.76. The monoisotopic (exact) mass is 277 g/mol. The lowest BCUT2D eigenvalue weighted by Crippen LogP contribution is -2.46. The molecule has 4 N–H and O–H groups in total. The highest BCUT2D eigenvalue weighted by Crippen LogP contribution is 2.20. The van der Waals surface area contributed by atoms with Gasteiger partial charge in [-0.05, 0) is 38.4 Å². The molecule has 1 aliphatic rings. The van der Waals surface area contributed by atoms with E-state index in [-0.39, 0.29) is 5.91 Å². The van der Waals surface area contributed by atoms with E-state index in [4.69, 9.17) is 5.73 Å². The van der Waals surface area contributed by atoms with Gasteiger partial charge in [0, 0.05) is 19.5 Å². The van der Waals surface area contributed by atoms with Crippen molar-refractivity contribution in [3.05, 3.63) is 24.3 Å². The van der Waals surface area contributed by atoms with Crippen LogP contribution in [0.3, 0.4) is 0 Å². The molecule has 110 valence electrons. The van der Waals surface area contributed by atoms with Crippen LogP contribution in [-0.4, -0.2) is 41.1 Å². The molecule has 1 unspecified atom stereocenters. The van der Waals surface area contributed by atoms with Crippen molar-refractivity contribution in [3.63, 3.8) is 0 Å². The first-order valence-electron chi connectivity index (χ1n) is 7.05. The number of para-hydroxylation sites is 2. The summed E-state index contributed by atoms with van der Waals surface area (Å²) in [5.41, 5.74) is 6.39. The lowest BCUT2D eigenvalue weighted by molar-refractivity contribution is -0.117. The van der Waals surface area contributed by atoms with Crippen LogP contribution in [0, 0.1) is 0 Å². The van der Waals surface area contributed by atoms with E-state index in [9.17, 15) is 9.90 Å². The van der Waals surface area contributed by atoms with Crippen molar-refractivity contribution >= 4 is 17.3 Å². The molecule has 1 saturated heterocycles. The standard InChI is InChI=1S/C15H23N3O2/c1-15(20)8-4-9-18(11-15)10-7-14(19)17-13-6-3-2-5-12(13)16/h2-3,5-6,20H,4,7-11,16H2,1H3,(H,17,19). The highest BCUT2D eigenvalue weighted by Gasteiger charge is 2.28. The van der Waals surface area contributed by atoms with Crippen molar-refractivity contribution in [1.82, 2.24) is 4.90 Å². The van der Waals surface area contributed by atoms with Crippen molar-refractivity contribution in [1.29, 1.82) is 0 Å². The fraction of sp³-hybridized carbons (Fsp3) is 0.533. The summed E-state index contributed by atoms with van der Waals surface area (Å²) in [5, 5.41) is 12.8. The molecule has 5 nitrogen and oxygen atoms in total. The topological polar surface area (TPSA) is 78.6 Å². The highest BCUT2D eigenvalue weighted by atomic mass is 16.3. The summed E-state index contributed by atoms with van der Waals surface area (Å²) in [7, 11) is 0. The zero-order valence-electron chi connectivity index (χ0n) is 11.9. The van der Waals surface area contributed by atoms with Crippen LogP contribution in [0.25, 0.3) is 0 Å². The maximum absolute atomic E-state index is 11.9. The summed E-state index contributed by atoms with van der Waals surface area (Å²) in [6, 6.07) is 7.23. The first kappa shape index (κ1) is 14.8. The molecule has 1 aromatic carbocycles. The van der Waals surface area contributed by atoms with Crippen molar-refractivity contribution < 1.29 is 9.90 Å². The Labute approximate surface area is 119 Å². The predicted octanol–water partition coefficient (Wildman–Crippen LogP) is 1.44. The quantitative estimate of drug-likeness (QED) is 0.728. The second kappa shape index (κ2) is 6.24. The smallest absolute Gasteiger partial charge is 0.225 e. The van der Waals surface area contributed by atoms with Gasteiger partial charge in [-0.2, -0.15) is 0 Å². The fourth-order valence-electron chi connectivity index (χ4n) is 2.60. The van der Waals surface area contributed by atoms with Gasteiger partial charge in [-0.1, -0.05) is 12.1 Å². The van der Waals surface area contributed by atoms with Crippen LogP contribution in [0.4, 0.5) is 11.4 Å². The SMILES string of the molecule is CC1(O)CCCN(CCC(=O)Nc2ccccc2N)C1. The molecule has 0 radical (unpaired) electrons. The van der Waals surface area contributed by atoms with Gasteiger partial charge in [0.05, 0.1) is 17.0 Å². The van der Waals surface area contributed by atoms with E-state index < -0.39 is 5.60 Å². The molecule has 1 fully saturated rings. The van der Waals surface area contributed by atoms with Gasteiger partial charge in [0.15, 0.2) is 0 Å². The van der Waals surface area contributed by atoms with Crippen LogP contribution < -0.4 is 11.1 Å². The van der Waals surface area contributed by atoms with E-state index in [1.54, 1.807) is 12.1 Å². The minimum Gasteiger partial charge on any atom is -0.397 e. The Bertz CT molecular complexity index is 474. The summed E-state index contributed by atoms with van der Waals surface area (Å²) in [4.78, 5) is 14.0. The van der Waals surface area contributed by atoms with E-state index in [1.807, 2.05) is 19.1 Å². The zero-order valence-corrected chi connectivity index (χ0v) is 11.9. The van der Waals surface area contributed by atoms with Crippen molar-refractivity contribution in [2.24, 2.45) is 0 Å². The summed E-state index contributed by atoms with van der Waals surface area (Å²) in [5.74, 6) is -0.0480. The van der Waals surface area contributed by atoms with Gasteiger partial charge in [0.1, 0.15) is 0 Å². The Kier molecular flexibility index (Phi) is 4.62. The fourth-order valence-corrected chi connectivity index (χ4v) is 2.60. The number of likely N-dealkylation sites (tertiary alicyclic amines) is 1. The molecular weight excluding hydrogens is 254 g/mol. The number of anilines is 2. The minimum atomic E-state index is -0.626. The molecule has 0 aromatic heterocycles. The normalized spacial score (nSPS) is 23.5. The van der Waals surface area contributed by atoms with E-state index in [0.717, 1.165) is 19.4 Å². The molecule has 0 saturated carbocycles. The van der Waals surface area contributed by atoms with Gasteiger partial charge in [-0.3, -0.25) is 9.69 Å². The Morgan fingerprint density at radius 2 is 2.25 bits per heavy atom. The van der Waals surface area contributed by atoms with Crippen LogP contribution >= 0.6 is 0 Å². The number of hydrogen-bond acceptors (Lipinski definition) is 4. The molecule has 0 aliphatic carbocycles. The summed E-state index contributed by atoms with van der Waals surface area (Å²) in [6.07, 6.45) is 2.21. The number of amides is 1. The maximum atomic E-state index is 11.9. The van der Waals surface area contributed by atoms with Crippen LogP contribution in [0.15, 0.2) is 24.3 Å². The summed E-state index contributed by atoms with van der Waals surface area (Å²) < 4.78 is 0. The number of carbonyl (C=O) groups is 1. The Morgan fingerprint density at radius 3 is 2.95 bits per heavy atom. The lowest BCUT2D eigenvalue weighted by Gasteiger charge is -2.36. The number of nitrogens with one attached hydrogen (secondary N) is 1. The average Bonchev–Trinajstić information content (AvgIpc) is 2.38. The van der Waals surface area contributed by atoms with Crippen molar-refractivity contribution in [2.45, 2.75) is 31.8 Å². The number of hydrogen-bond donors (Lipinski definition) is 3. The predicted molar refractivity (Wildman–Crippen MR) is 80.4 cm³/mol. The molecular formula is C15H23N3O2. The van der Waals surface area contributed by atoms with Crippen LogP contribution in [0.1, 0.15) is 26.2 Å². The molecule has 0 spiro atoms.